The van der Waals surface area contributed by atoms with Crippen LogP contribution in [0.1, 0.15) is 6.92 Å². The molecule has 0 aromatic carbocycles. The van der Waals surface area contributed by atoms with Crippen LogP contribution >= 0.6 is 0 Å². The first-order valence-electron chi connectivity index (χ1n) is 2.90. The van der Waals surface area contributed by atoms with Crippen molar-refractivity contribution in [2.45, 2.75) is 13.2 Å². The average Bonchev–Trinajstić information content (AvgIpc) is 1.82. The average molecular weight is 131 g/mol. The van der Waals surface area contributed by atoms with Crippen molar-refractivity contribution in [2.75, 3.05) is 20.7 Å². The Morgan fingerprint density at radius 2 is 2.22 bits per heavy atom. The number of rotatable bonds is 4. The van der Waals surface area contributed by atoms with E-state index < -0.39 is 0 Å². The van der Waals surface area contributed by atoms with E-state index in [1.54, 1.807) is 0 Å². The van der Waals surface area contributed by atoms with Gasteiger partial charge in [-0.3, -0.25) is 4.90 Å². The van der Waals surface area contributed by atoms with E-state index in [1.807, 2.05) is 25.9 Å². The molecule has 0 saturated heterocycles. The van der Waals surface area contributed by atoms with Crippen LogP contribution in [0.15, 0.2) is 0 Å². The Hall–Kier alpha value is -0.410. The molecule has 0 amide bonds. The first-order valence-corrected chi connectivity index (χ1v) is 2.90. The van der Waals surface area contributed by atoms with Crippen molar-refractivity contribution in [1.82, 2.24) is 4.90 Å². The molecule has 0 bridgehead atoms. The summed E-state index contributed by atoms with van der Waals surface area (Å²) < 4.78 is 5.01. The van der Waals surface area contributed by atoms with Gasteiger partial charge in [0.05, 0.1) is 0 Å². The molecule has 1 unspecified atom stereocenters. The third-order valence-electron chi connectivity index (χ3n) is 1.13. The van der Waals surface area contributed by atoms with E-state index in [4.69, 9.17) is 4.74 Å². The Bertz CT molecular complexity index is 83.1. The molecule has 3 nitrogen and oxygen atoms in total. The summed E-state index contributed by atoms with van der Waals surface area (Å²) in [6.45, 7) is 2.07. The van der Waals surface area contributed by atoms with E-state index in [0.29, 0.717) is 0 Å². The second-order valence-corrected chi connectivity index (χ2v) is 2.06. The van der Waals surface area contributed by atoms with Gasteiger partial charge in [-0.15, -0.1) is 0 Å². The molecule has 0 saturated carbocycles. The van der Waals surface area contributed by atoms with Gasteiger partial charge in [0, 0.05) is 0 Å². The minimum absolute atomic E-state index is 0.0233. The normalized spacial score (nSPS) is 13.8. The van der Waals surface area contributed by atoms with Gasteiger partial charge in [0.15, 0.2) is 0 Å². The number of aldehydes is 1. The number of carbonyl (C=O) groups is 1. The zero-order valence-electron chi connectivity index (χ0n) is 6.13. The highest BCUT2D eigenvalue weighted by molar-refractivity contribution is 5.50. The Kier molecular flexibility index (Phi) is 4.26. The lowest BCUT2D eigenvalue weighted by atomic mass is 10.6. The van der Waals surface area contributed by atoms with Crippen molar-refractivity contribution in [3.8, 4) is 0 Å². The zero-order chi connectivity index (χ0) is 7.28. The molecule has 9 heavy (non-hydrogen) atoms. The molecule has 0 heterocycles. The Morgan fingerprint density at radius 1 is 1.67 bits per heavy atom. The van der Waals surface area contributed by atoms with Crippen molar-refractivity contribution in [3.05, 3.63) is 0 Å². The summed E-state index contributed by atoms with van der Waals surface area (Å²) in [5.74, 6) is 0. The molecule has 0 spiro atoms. The maximum absolute atomic E-state index is 9.79. The lowest BCUT2D eigenvalue weighted by Crippen LogP contribution is -2.27. The topological polar surface area (TPSA) is 29.5 Å². The van der Waals surface area contributed by atoms with E-state index in [0.717, 1.165) is 6.29 Å². The van der Waals surface area contributed by atoms with Gasteiger partial charge in [-0.2, -0.15) is 0 Å². The minimum Gasteiger partial charge on any atom is -0.356 e. The molecule has 0 aromatic rings. The fourth-order valence-electron chi connectivity index (χ4n) is 0.328. The van der Waals surface area contributed by atoms with Crippen LogP contribution < -0.4 is 0 Å². The van der Waals surface area contributed by atoms with Crippen molar-refractivity contribution < 1.29 is 9.53 Å². The van der Waals surface area contributed by atoms with E-state index in [2.05, 4.69) is 0 Å². The highest BCUT2D eigenvalue weighted by Crippen LogP contribution is 1.90. The molecule has 0 aliphatic heterocycles. The van der Waals surface area contributed by atoms with E-state index in [9.17, 15) is 4.79 Å². The first-order chi connectivity index (χ1) is 4.18. The molecule has 0 N–H and O–H groups in total. The lowest BCUT2D eigenvalue weighted by molar-refractivity contribution is -0.116. The summed E-state index contributed by atoms with van der Waals surface area (Å²) in [7, 11) is 3.80. The van der Waals surface area contributed by atoms with Gasteiger partial charge in [-0.25, -0.2) is 0 Å². The third-order valence-corrected chi connectivity index (χ3v) is 1.13. The lowest BCUT2D eigenvalue weighted by Gasteiger charge is -2.18. The van der Waals surface area contributed by atoms with E-state index in [-0.39, 0.29) is 12.8 Å². The molecule has 0 aliphatic carbocycles. The molecule has 0 aromatic heterocycles. The summed E-state index contributed by atoms with van der Waals surface area (Å²) >= 11 is 0. The molecular formula is C6H13NO2. The molecular weight excluding hydrogens is 118 g/mol. The van der Waals surface area contributed by atoms with Gasteiger partial charge < -0.3 is 9.53 Å². The third kappa shape index (κ3) is 4.12. The largest absolute Gasteiger partial charge is 0.356 e. The van der Waals surface area contributed by atoms with Gasteiger partial charge in [-0.05, 0) is 21.0 Å². The predicted octanol–water partition coefficient (Wildman–Crippen LogP) is 0.109. The summed E-state index contributed by atoms with van der Waals surface area (Å²) in [6, 6.07) is 0. The maximum atomic E-state index is 9.79. The zero-order valence-corrected chi connectivity index (χ0v) is 6.13. The molecule has 0 aliphatic rings. The monoisotopic (exact) mass is 131 g/mol. The van der Waals surface area contributed by atoms with Gasteiger partial charge in [0.25, 0.3) is 0 Å². The fourth-order valence-corrected chi connectivity index (χ4v) is 0.328. The molecule has 0 radical (unpaired) electrons. The number of hydrogen-bond acceptors (Lipinski definition) is 3. The Morgan fingerprint density at radius 3 is 2.56 bits per heavy atom. The predicted molar refractivity (Wildman–Crippen MR) is 35.2 cm³/mol. The highest BCUT2D eigenvalue weighted by Gasteiger charge is 2.01. The number of carbonyl (C=O) groups excluding carboxylic acids is 1. The molecule has 1 atom stereocenters. The maximum Gasteiger partial charge on any atom is 0.145 e. The van der Waals surface area contributed by atoms with Gasteiger partial charge in [0.2, 0.25) is 0 Å². The fraction of sp³-hybridized carbons (Fsp3) is 0.833. The highest BCUT2D eigenvalue weighted by atomic mass is 16.5. The van der Waals surface area contributed by atoms with E-state index >= 15 is 0 Å². The summed E-state index contributed by atoms with van der Waals surface area (Å²) in [6.07, 6.45) is 0.773. The number of nitrogens with zero attached hydrogens (tertiary/aromatic N) is 1. The van der Waals surface area contributed by atoms with Crippen LogP contribution in [0.4, 0.5) is 0 Å². The number of hydrogen-bond donors (Lipinski definition) is 0. The van der Waals surface area contributed by atoms with Crippen molar-refractivity contribution in [1.29, 1.82) is 0 Å². The van der Waals surface area contributed by atoms with Gasteiger partial charge in [-0.1, -0.05) is 0 Å². The SMILES string of the molecule is CC(OCC=O)N(C)C. The smallest absolute Gasteiger partial charge is 0.145 e. The molecule has 0 fully saturated rings. The van der Waals surface area contributed by atoms with Gasteiger partial charge >= 0.3 is 0 Å². The van der Waals surface area contributed by atoms with Crippen LogP contribution in [0.25, 0.3) is 0 Å². The second-order valence-electron chi connectivity index (χ2n) is 2.06. The Labute approximate surface area is 55.6 Å². The van der Waals surface area contributed by atoms with Crippen LogP contribution in [0.5, 0.6) is 0 Å². The van der Waals surface area contributed by atoms with Crippen molar-refractivity contribution in [2.24, 2.45) is 0 Å². The Balaban J connectivity index is 3.26. The summed E-state index contributed by atoms with van der Waals surface area (Å²) in [5, 5.41) is 0. The quantitative estimate of drug-likeness (QED) is 0.400. The standard InChI is InChI=1S/C6H13NO2/c1-6(7(2)3)9-5-4-8/h4,6H,5H2,1-3H3. The second kappa shape index (κ2) is 4.47. The minimum atomic E-state index is 0.0233. The van der Waals surface area contributed by atoms with Gasteiger partial charge in [0.1, 0.15) is 19.1 Å². The molecule has 54 valence electrons. The van der Waals surface area contributed by atoms with Crippen LogP contribution in [0.3, 0.4) is 0 Å². The number of ether oxygens (including phenoxy) is 1. The molecule has 0 rings (SSSR count). The van der Waals surface area contributed by atoms with Crippen LogP contribution in [-0.2, 0) is 9.53 Å². The van der Waals surface area contributed by atoms with Crippen molar-refractivity contribution in [3.63, 3.8) is 0 Å². The first kappa shape index (κ1) is 8.59. The molecule has 3 heteroatoms. The van der Waals surface area contributed by atoms with Crippen LogP contribution in [0.2, 0.25) is 0 Å². The summed E-state index contributed by atoms with van der Waals surface area (Å²) in [4.78, 5) is 11.7. The van der Waals surface area contributed by atoms with Crippen LogP contribution in [-0.4, -0.2) is 38.1 Å². The summed E-state index contributed by atoms with van der Waals surface area (Å²) in [5.41, 5.74) is 0. The van der Waals surface area contributed by atoms with Crippen LogP contribution in [0, 0.1) is 0 Å². The van der Waals surface area contributed by atoms with E-state index in [1.165, 1.54) is 0 Å². The van der Waals surface area contributed by atoms with Crippen molar-refractivity contribution >= 4 is 6.29 Å².